The molecule has 2 aromatic heterocycles. The van der Waals surface area contributed by atoms with Gasteiger partial charge in [0.2, 0.25) is 0 Å². The molecule has 2 aromatic carbocycles. The van der Waals surface area contributed by atoms with Gasteiger partial charge in [-0.25, -0.2) is 14.8 Å². The molecule has 0 bridgehead atoms. The molecule has 3 aliphatic heterocycles. The highest BCUT2D eigenvalue weighted by molar-refractivity contribution is 6.35. The number of fused-ring (bicyclic) bond motifs is 1. The second kappa shape index (κ2) is 11.4. The molecule has 5 heterocycles. The molecule has 7 rings (SSSR count). The molecule has 1 unspecified atom stereocenters. The molecule has 45 heavy (non-hydrogen) atoms. The fourth-order valence-electron chi connectivity index (χ4n) is 6.56. The lowest BCUT2D eigenvalue weighted by Gasteiger charge is -2.34. The first-order chi connectivity index (χ1) is 21.6. The molecule has 0 spiro atoms. The molecule has 234 valence electrons. The van der Waals surface area contributed by atoms with Crippen molar-refractivity contribution in [3.05, 3.63) is 77.0 Å². The molecule has 0 radical (unpaired) electrons. The van der Waals surface area contributed by atoms with Crippen molar-refractivity contribution < 1.29 is 19.1 Å². The first kappa shape index (κ1) is 29.2. The Balaban J connectivity index is 1.17. The van der Waals surface area contributed by atoms with Crippen molar-refractivity contribution in [3.63, 3.8) is 0 Å². The van der Waals surface area contributed by atoms with Crippen LogP contribution in [-0.4, -0.2) is 69.3 Å². The monoisotopic (exact) mass is 629 g/mol. The van der Waals surface area contributed by atoms with Crippen LogP contribution in [0.4, 0.5) is 16.2 Å². The highest BCUT2D eigenvalue weighted by Crippen LogP contribution is 2.50. The zero-order valence-electron chi connectivity index (χ0n) is 25.5. The number of alkyl carbamates (subject to hydrolysis) is 1. The lowest BCUT2D eigenvalue weighted by Crippen LogP contribution is -2.50. The predicted molar refractivity (Wildman–Crippen MR) is 172 cm³/mol. The largest absolute Gasteiger partial charge is 0.489 e. The Bertz CT molecular complexity index is 1770. The molecule has 4 aromatic rings. The molecule has 0 saturated carbocycles. The maximum atomic E-state index is 13.8. The Labute approximate surface area is 266 Å². The number of ether oxygens (including phenoxy) is 2. The van der Waals surface area contributed by atoms with E-state index in [1.165, 1.54) is 6.33 Å². The highest BCUT2D eigenvalue weighted by Gasteiger charge is 2.39. The molecular weight excluding hydrogens is 594 g/mol. The Kier molecular flexibility index (Phi) is 7.43. The van der Waals surface area contributed by atoms with Gasteiger partial charge in [-0.2, -0.15) is 0 Å². The summed E-state index contributed by atoms with van der Waals surface area (Å²) in [4.78, 5) is 38.8. The summed E-state index contributed by atoms with van der Waals surface area (Å²) in [6.07, 6.45) is 6.05. The minimum atomic E-state index is -0.588. The predicted octanol–water partition coefficient (Wildman–Crippen LogP) is 5.59. The summed E-state index contributed by atoms with van der Waals surface area (Å²) >= 11 is 6.76. The van der Waals surface area contributed by atoms with Gasteiger partial charge in [0, 0.05) is 48.0 Å². The number of amides is 2. The van der Waals surface area contributed by atoms with E-state index >= 15 is 0 Å². The smallest absolute Gasteiger partial charge is 0.407 e. The van der Waals surface area contributed by atoms with Crippen molar-refractivity contribution in [2.45, 2.75) is 58.0 Å². The van der Waals surface area contributed by atoms with Gasteiger partial charge in [-0.05, 0) is 57.9 Å². The number of para-hydroxylation sites is 1. The van der Waals surface area contributed by atoms with E-state index in [9.17, 15) is 9.59 Å². The number of likely N-dealkylation sites (tertiary alicyclic amines) is 1. The molecule has 0 aliphatic carbocycles. The van der Waals surface area contributed by atoms with Gasteiger partial charge >= 0.3 is 6.09 Å². The van der Waals surface area contributed by atoms with Crippen molar-refractivity contribution in [1.29, 1.82) is 0 Å². The van der Waals surface area contributed by atoms with Crippen LogP contribution in [0, 0.1) is 0 Å². The number of hydrogen-bond donors (Lipinski definition) is 2. The van der Waals surface area contributed by atoms with E-state index in [2.05, 4.69) is 42.2 Å². The van der Waals surface area contributed by atoms with Crippen LogP contribution in [0.25, 0.3) is 10.9 Å². The normalized spacial score (nSPS) is 19.1. The first-order valence-corrected chi connectivity index (χ1v) is 15.7. The van der Waals surface area contributed by atoms with Crippen molar-refractivity contribution in [2.24, 2.45) is 0 Å². The van der Waals surface area contributed by atoms with Crippen LogP contribution in [0.5, 0.6) is 5.75 Å². The van der Waals surface area contributed by atoms with Crippen LogP contribution in [0.2, 0.25) is 5.02 Å². The van der Waals surface area contributed by atoms with Crippen molar-refractivity contribution in [2.75, 3.05) is 36.5 Å². The fourth-order valence-corrected chi connectivity index (χ4v) is 6.84. The lowest BCUT2D eigenvalue weighted by molar-refractivity contribution is 0.0452. The van der Waals surface area contributed by atoms with Gasteiger partial charge in [0.15, 0.2) is 0 Å². The van der Waals surface area contributed by atoms with Crippen molar-refractivity contribution >= 4 is 45.9 Å². The summed E-state index contributed by atoms with van der Waals surface area (Å²) in [7, 11) is 0. The number of aromatic nitrogens is 3. The van der Waals surface area contributed by atoms with Gasteiger partial charge in [0.25, 0.3) is 5.91 Å². The zero-order chi connectivity index (χ0) is 31.3. The molecule has 2 atom stereocenters. The molecule has 2 N–H and O–H groups in total. The van der Waals surface area contributed by atoms with Crippen LogP contribution >= 0.6 is 11.6 Å². The third-order valence-electron chi connectivity index (χ3n) is 8.37. The van der Waals surface area contributed by atoms with E-state index in [0.717, 1.165) is 46.4 Å². The summed E-state index contributed by atoms with van der Waals surface area (Å²) in [6, 6.07) is 11.7. The number of carbonyl (C=O) groups is 2. The van der Waals surface area contributed by atoms with Crippen LogP contribution in [-0.2, 0) is 11.3 Å². The van der Waals surface area contributed by atoms with Gasteiger partial charge in [-0.3, -0.25) is 4.79 Å². The Morgan fingerprint density at radius 2 is 1.98 bits per heavy atom. The zero-order valence-corrected chi connectivity index (χ0v) is 26.3. The molecule has 11 nitrogen and oxygen atoms in total. The quantitative estimate of drug-likeness (QED) is 0.294. The van der Waals surface area contributed by atoms with E-state index in [0.29, 0.717) is 49.1 Å². The number of benzene rings is 2. The van der Waals surface area contributed by atoms with Gasteiger partial charge in [0.05, 0.1) is 35.0 Å². The van der Waals surface area contributed by atoms with Gasteiger partial charge in [0.1, 0.15) is 36.1 Å². The van der Waals surface area contributed by atoms with Crippen LogP contribution < -0.4 is 20.3 Å². The first-order valence-electron chi connectivity index (χ1n) is 15.3. The van der Waals surface area contributed by atoms with E-state index in [1.807, 2.05) is 57.4 Å². The third kappa shape index (κ3) is 5.72. The number of nitrogens with zero attached hydrogens (tertiary/aromatic N) is 5. The second-order valence-electron chi connectivity index (χ2n) is 12.8. The summed E-state index contributed by atoms with van der Waals surface area (Å²) in [5, 5.41) is 8.34. The summed E-state index contributed by atoms with van der Waals surface area (Å²) in [5.41, 5.74) is 4.68. The van der Waals surface area contributed by atoms with Gasteiger partial charge in [-0.15, -0.1) is 0 Å². The van der Waals surface area contributed by atoms with Crippen LogP contribution in [0.15, 0.2) is 55.1 Å². The maximum Gasteiger partial charge on any atom is 0.407 e. The molecule has 1 saturated heterocycles. The van der Waals surface area contributed by atoms with Gasteiger partial charge in [-0.1, -0.05) is 23.7 Å². The minimum Gasteiger partial charge on any atom is -0.489 e. The van der Waals surface area contributed by atoms with Crippen molar-refractivity contribution in [1.82, 2.24) is 24.8 Å². The average molecular weight is 630 g/mol. The molecule has 2 amide bonds. The molecule has 1 fully saturated rings. The summed E-state index contributed by atoms with van der Waals surface area (Å²) < 4.78 is 13.8. The topological polar surface area (TPSA) is 114 Å². The summed E-state index contributed by atoms with van der Waals surface area (Å²) in [6.45, 7) is 8.24. The number of halogens is 1. The minimum absolute atomic E-state index is 0.0966. The average Bonchev–Trinajstić information content (AvgIpc) is 3.56. The third-order valence-corrected chi connectivity index (χ3v) is 8.68. The lowest BCUT2D eigenvalue weighted by atomic mass is 10.0. The van der Waals surface area contributed by atoms with Gasteiger partial charge < -0.3 is 34.5 Å². The van der Waals surface area contributed by atoms with E-state index < -0.39 is 11.7 Å². The maximum absolute atomic E-state index is 13.8. The second-order valence-corrected chi connectivity index (χ2v) is 13.2. The van der Waals surface area contributed by atoms with E-state index in [4.69, 9.17) is 21.1 Å². The number of piperidine rings is 1. The SMILES string of the molecule is CC(C)(C)OC(=O)N[C@@H]1CCCN(C(=O)c2cc3c4c(c2)OCCN4C(c2cc4cccc(Cl)c4n2Cc2cncnc2)N3)C1. The van der Waals surface area contributed by atoms with Crippen LogP contribution in [0.1, 0.15) is 61.4 Å². The standard InChI is InChI=1S/C33H36ClN7O4/c1-33(2,3)45-32(43)37-23-7-5-9-39(18-23)31(42)22-12-25-29-27(14-22)44-11-10-40(29)30(38-25)26-13-21-6-4-8-24(34)28(21)41(26)17-20-15-35-19-36-16-20/h4,6,8,12-16,19,23,30,38H,5,7,9-11,17-18H2,1-3H3,(H,37,43)/t23-,30?/m1/s1. The number of nitrogens with one attached hydrogen (secondary N) is 2. The highest BCUT2D eigenvalue weighted by atomic mass is 35.5. The van der Waals surface area contributed by atoms with Crippen LogP contribution in [0.3, 0.4) is 0 Å². The fraction of sp³-hybridized carbons (Fsp3) is 0.394. The van der Waals surface area contributed by atoms with Crippen molar-refractivity contribution in [3.8, 4) is 5.75 Å². The molecular formula is C33H36ClN7O4. The summed E-state index contributed by atoms with van der Waals surface area (Å²) in [5.74, 6) is 0.579. The molecule has 3 aliphatic rings. The Morgan fingerprint density at radius 3 is 2.78 bits per heavy atom. The Morgan fingerprint density at radius 1 is 1.16 bits per heavy atom. The number of anilines is 2. The number of carbonyl (C=O) groups excluding carboxylic acids is 2. The number of rotatable bonds is 5. The van der Waals surface area contributed by atoms with E-state index in [-0.39, 0.29) is 18.1 Å². The number of hydrogen-bond acceptors (Lipinski definition) is 8. The Hall–Kier alpha value is -4.51. The van der Waals surface area contributed by atoms with E-state index in [1.54, 1.807) is 4.90 Å². The molecule has 12 heteroatoms.